The highest BCUT2D eigenvalue weighted by Gasteiger charge is 2.12. The zero-order valence-corrected chi connectivity index (χ0v) is 12.0. The Kier molecular flexibility index (Phi) is 5.45. The lowest BCUT2D eigenvalue weighted by Crippen LogP contribution is -1.95. The maximum Gasteiger partial charge on any atom is 0.0464 e. The summed E-state index contributed by atoms with van der Waals surface area (Å²) in [5.41, 5.74) is 1.13. The third-order valence-electron chi connectivity index (χ3n) is 2.30. The van der Waals surface area contributed by atoms with Gasteiger partial charge in [-0.05, 0) is 36.5 Å². The van der Waals surface area contributed by atoms with Crippen molar-refractivity contribution in [3.05, 3.63) is 33.8 Å². The molecule has 1 aromatic rings. The summed E-state index contributed by atoms with van der Waals surface area (Å²) >= 11 is 15.6. The molecule has 0 amide bonds. The van der Waals surface area contributed by atoms with E-state index < -0.39 is 0 Å². The largest absolute Gasteiger partial charge is 0.0843 e. The van der Waals surface area contributed by atoms with Gasteiger partial charge in [-0.2, -0.15) is 0 Å². The van der Waals surface area contributed by atoms with Gasteiger partial charge in [-0.1, -0.05) is 59.0 Å². The molecule has 0 aliphatic heterocycles. The van der Waals surface area contributed by atoms with Crippen LogP contribution in [0.3, 0.4) is 0 Å². The van der Waals surface area contributed by atoms with E-state index in [0.29, 0.717) is 9.85 Å². The van der Waals surface area contributed by atoms with Crippen LogP contribution in [0.25, 0.3) is 0 Å². The van der Waals surface area contributed by atoms with Gasteiger partial charge >= 0.3 is 0 Å². The van der Waals surface area contributed by atoms with E-state index in [4.69, 9.17) is 23.2 Å². The van der Waals surface area contributed by atoms with Crippen molar-refractivity contribution in [1.29, 1.82) is 0 Å². The molecule has 1 atom stereocenters. The molecule has 1 aromatic carbocycles. The third-order valence-corrected chi connectivity index (χ3v) is 3.81. The van der Waals surface area contributed by atoms with Gasteiger partial charge in [-0.3, -0.25) is 0 Å². The van der Waals surface area contributed by atoms with E-state index in [2.05, 4.69) is 29.8 Å². The molecule has 1 rings (SSSR count). The lowest BCUT2D eigenvalue weighted by Gasteiger charge is -2.13. The van der Waals surface area contributed by atoms with Gasteiger partial charge in [-0.15, -0.1) is 0 Å². The zero-order valence-electron chi connectivity index (χ0n) is 8.93. The molecule has 0 aliphatic carbocycles. The molecular formula is C12H15BrCl2. The normalized spacial score (nSPS) is 13.2. The summed E-state index contributed by atoms with van der Waals surface area (Å²) in [6, 6.07) is 5.67. The van der Waals surface area contributed by atoms with Crippen molar-refractivity contribution < 1.29 is 0 Å². The van der Waals surface area contributed by atoms with Crippen LogP contribution < -0.4 is 0 Å². The van der Waals surface area contributed by atoms with Crippen molar-refractivity contribution >= 4 is 39.1 Å². The van der Waals surface area contributed by atoms with Crippen LogP contribution in [-0.4, -0.2) is 0 Å². The number of benzene rings is 1. The van der Waals surface area contributed by atoms with Crippen LogP contribution in [0.5, 0.6) is 0 Å². The van der Waals surface area contributed by atoms with Gasteiger partial charge in [0.25, 0.3) is 0 Å². The van der Waals surface area contributed by atoms with E-state index in [-0.39, 0.29) is 0 Å². The first-order valence-corrected chi connectivity index (χ1v) is 6.77. The molecule has 84 valence electrons. The smallest absolute Gasteiger partial charge is 0.0464 e. The Hall–Kier alpha value is 0.280. The molecule has 0 spiro atoms. The van der Waals surface area contributed by atoms with Gasteiger partial charge in [-0.25, -0.2) is 0 Å². The number of hydrogen-bond acceptors (Lipinski definition) is 0. The summed E-state index contributed by atoms with van der Waals surface area (Å²) in [7, 11) is 0. The lowest BCUT2D eigenvalue weighted by atomic mass is 10.0. The minimum Gasteiger partial charge on any atom is -0.0843 e. The van der Waals surface area contributed by atoms with Crippen LogP contribution >= 0.6 is 39.1 Å². The lowest BCUT2D eigenvalue weighted by molar-refractivity contribution is 0.554. The highest BCUT2D eigenvalue weighted by Crippen LogP contribution is 2.35. The van der Waals surface area contributed by atoms with Crippen LogP contribution in [-0.2, 0) is 0 Å². The Balaban J connectivity index is 2.69. The number of halogens is 3. The van der Waals surface area contributed by atoms with Crippen molar-refractivity contribution in [2.45, 2.75) is 31.5 Å². The van der Waals surface area contributed by atoms with E-state index >= 15 is 0 Å². The maximum absolute atomic E-state index is 6.13. The molecule has 0 N–H and O–H groups in total. The minimum absolute atomic E-state index is 0.324. The van der Waals surface area contributed by atoms with E-state index in [1.54, 1.807) is 6.07 Å². The predicted octanol–water partition coefficient (Wildman–Crippen LogP) is 5.87. The van der Waals surface area contributed by atoms with Crippen molar-refractivity contribution in [1.82, 2.24) is 0 Å². The third kappa shape index (κ3) is 4.34. The molecule has 0 nitrogen and oxygen atoms in total. The van der Waals surface area contributed by atoms with Crippen LogP contribution in [0.4, 0.5) is 0 Å². The van der Waals surface area contributed by atoms with E-state index in [9.17, 15) is 0 Å². The Morgan fingerprint density at radius 1 is 1.20 bits per heavy atom. The second kappa shape index (κ2) is 6.12. The van der Waals surface area contributed by atoms with Gasteiger partial charge in [0.2, 0.25) is 0 Å². The molecule has 1 unspecified atom stereocenters. The number of alkyl halides is 1. The molecule has 0 heterocycles. The molecule has 15 heavy (non-hydrogen) atoms. The Morgan fingerprint density at radius 3 is 2.40 bits per heavy atom. The SMILES string of the molecule is CC(C)CCC(Br)c1ccc(Cl)cc1Cl. The maximum atomic E-state index is 6.13. The quantitative estimate of drug-likeness (QED) is 0.610. The van der Waals surface area contributed by atoms with E-state index in [1.165, 1.54) is 6.42 Å². The molecular weight excluding hydrogens is 295 g/mol. The number of hydrogen-bond donors (Lipinski definition) is 0. The monoisotopic (exact) mass is 308 g/mol. The van der Waals surface area contributed by atoms with Crippen molar-refractivity contribution in [3.63, 3.8) is 0 Å². The molecule has 0 fully saturated rings. The fourth-order valence-corrected chi connectivity index (χ4v) is 2.73. The van der Waals surface area contributed by atoms with Gasteiger partial charge in [0, 0.05) is 14.9 Å². The summed E-state index contributed by atoms with van der Waals surface area (Å²) < 4.78 is 0. The highest BCUT2D eigenvalue weighted by atomic mass is 79.9. The van der Waals surface area contributed by atoms with Gasteiger partial charge in [0.15, 0.2) is 0 Å². The first kappa shape index (κ1) is 13.3. The summed E-state index contributed by atoms with van der Waals surface area (Å²) in [5, 5.41) is 1.43. The van der Waals surface area contributed by atoms with Gasteiger partial charge in [0.05, 0.1) is 0 Å². The molecule has 0 aromatic heterocycles. The van der Waals surface area contributed by atoms with Crippen molar-refractivity contribution in [3.8, 4) is 0 Å². The van der Waals surface area contributed by atoms with E-state index in [1.807, 2.05) is 12.1 Å². The zero-order chi connectivity index (χ0) is 11.4. The average Bonchev–Trinajstić information content (AvgIpc) is 2.14. The first-order valence-electron chi connectivity index (χ1n) is 5.09. The fraction of sp³-hybridized carbons (Fsp3) is 0.500. The van der Waals surface area contributed by atoms with Crippen LogP contribution in [0.2, 0.25) is 10.0 Å². The van der Waals surface area contributed by atoms with Gasteiger partial charge in [0.1, 0.15) is 0 Å². The predicted molar refractivity (Wildman–Crippen MR) is 72.2 cm³/mol. The summed E-state index contributed by atoms with van der Waals surface area (Å²) in [4.78, 5) is 0.324. The topological polar surface area (TPSA) is 0 Å². The van der Waals surface area contributed by atoms with Crippen molar-refractivity contribution in [2.24, 2.45) is 5.92 Å². The fourth-order valence-electron chi connectivity index (χ4n) is 1.39. The Bertz CT molecular complexity index is 323. The second-order valence-electron chi connectivity index (χ2n) is 4.10. The Morgan fingerprint density at radius 2 is 1.87 bits per heavy atom. The first-order chi connectivity index (χ1) is 7.00. The molecule has 3 heteroatoms. The molecule has 0 saturated heterocycles. The standard InChI is InChI=1S/C12H15BrCl2/c1-8(2)3-6-11(13)10-5-4-9(14)7-12(10)15/h4-5,7-8,11H,3,6H2,1-2H3. The summed E-state index contributed by atoms with van der Waals surface area (Å²) in [6.45, 7) is 4.45. The van der Waals surface area contributed by atoms with Crippen LogP contribution in [0.1, 0.15) is 37.1 Å². The molecule has 0 bridgehead atoms. The summed E-state index contributed by atoms with van der Waals surface area (Å²) in [5.74, 6) is 0.719. The summed E-state index contributed by atoms with van der Waals surface area (Å²) in [6.07, 6.45) is 2.29. The molecule has 0 saturated carbocycles. The van der Waals surface area contributed by atoms with Crippen molar-refractivity contribution in [2.75, 3.05) is 0 Å². The van der Waals surface area contributed by atoms with Gasteiger partial charge < -0.3 is 0 Å². The minimum atomic E-state index is 0.324. The van der Waals surface area contributed by atoms with Crippen LogP contribution in [0.15, 0.2) is 18.2 Å². The highest BCUT2D eigenvalue weighted by molar-refractivity contribution is 9.09. The Labute approximate surface area is 110 Å². The molecule has 0 aliphatic rings. The van der Waals surface area contributed by atoms with Crippen LogP contribution in [0, 0.1) is 5.92 Å². The number of rotatable bonds is 4. The van der Waals surface area contributed by atoms with E-state index in [0.717, 1.165) is 22.9 Å². The average molecular weight is 310 g/mol. The molecule has 0 radical (unpaired) electrons. The second-order valence-corrected chi connectivity index (χ2v) is 6.05.